The maximum absolute atomic E-state index is 13.0. The van der Waals surface area contributed by atoms with E-state index in [1.54, 1.807) is 12.4 Å². The van der Waals surface area contributed by atoms with Crippen LogP contribution in [0, 0.1) is 0 Å². The second-order valence-corrected chi connectivity index (χ2v) is 6.55. The number of carbonyl (C=O) groups excluding carboxylic acids is 1. The minimum atomic E-state index is -4.51. The number of aromatic nitrogens is 1. The van der Waals surface area contributed by atoms with Gasteiger partial charge in [-0.25, -0.2) is 4.79 Å². The molecule has 0 bridgehead atoms. The average Bonchev–Trinajstić information content (AvgIpc) is 2.64. The number of alkyl halides is 3. The Bertz CT molecular complexity index is 759. The monoisotopic (exact) mass is 378 g/mol. The number of benzene rings is 1. The molecule has 2 aromatic rings. The number of pyridine rings is 1. The number of anilines is 1. The number of nitrogens with one attached hydrogen (secondary N) is 2. The molecule has 0 radical (unpaired) electrons. The number of hydrogen-bond donors (Lipinski definition) is 2. The van der Waals surface area contributed by atoms with E-state index in [1.807, 2.05) is 12.1 Å². The topological polar surface area (TPSA) is 57.3 Å². The Kier molecular flexibility index (Phi) is 5.95. The summed E-state index contributed by atoms with van der Waals surface area (Å²) in [6.45, 7) is 2.44. The third kappa shape index (κ3) is 5.43. The number of para-hydroxylation sites is 1. The van der Waals surface area contributed by atoms with Crippen LogP contribution in [0.5, 0.6) is 0 Å². The molecule has 0 atom stereocenters. The van der Waals surface area contributed by atoms with Crippen LogP contribution in [0.1, 0.15) is 24.0 Å². The van der Waals surface area contributed by atoms with Crippen LogP contribution in [0.2, 0.25) is 0 Å². The largest absolute Gasteiger partial charge is 0.418 e. The number of halogens is 3. The van der Waals surface area contributed by atoms with Gasteiger partial charge >= 0.3 is 12.2 Å². The van der Waals surface area contributed by atoms with Gasteiger partial charge in [0.05, 0.1) is 11.3 Å². The number of hydrogen-bond acceptors (Lipinski definition) is 3. The first-order valence-corrected chi connectivity index (χ1v) is 8.77. The van der Waals surface area contributed by atoms with Crippen molar-refractivity contribution in [1.29, 1.82) is 0 Å². The van der Waals surface area contributed by atoms with Crippen LogP contribution < -0.4 is 10.6 Å². The van der Waals surface area contributed by atoms with E-state index in [0.717, 1.165) is 38.5 Å². The lowest BCUT2D eigenvalue weighted by atomic mass is 10.0. The van der Waals surface area contributed by atoms with E-state index in [9.17, 15) is 18.0 Å². The number of likely N-dealkylation sites (tertiary alicyclic amines) is 1. The Hall–Kier alpha value is -2.61. The zero-order valence-corrected chi connectivity index (χ0v) is 14.7. The van der Waals surface area contributed by atoms with Crippen molar-refractivity contribution >= 4 is 11.7 Å². The van der Waals surface area contributed by atoms with Gasteiger partial charge in [0, 0.05) is 38.1 Å². The molecule has 1 fully saturated rings. The molecule has 1 aliphatic rings. The van der Waals surface area contributed by atoms with E-state index < -0.39 is 17.8 Å². The molecule has 0 spiro atoms. The molecule has 1 aromatic carbocycles. The van der Waals surface area contributed by atoms with Crippen LogP contribution in [0.15, 0.2) is 48.8 Å². The fourth-order valence-electron chi connectivity index (χ4n) is 3.16. The lowest BCUT2D eigenvalue weighted by Crippen LogP contribution is -2.45. The van der Waals surface area contributed by atoms with Gasteiger partial charge < -0.3 is 10.6 Å². The Labute approximate surface area is 155 Å². The lowest BCUT2D eigenvalue weighted by Gasteiger charge is -2.32. The summed E-state index contributed by atoms with van der Waals surface area (Å²) < 4.78 is 39.0. The first-order chi connectivity index (χ1) is 12.9. The summed E-state index contributed by atoms with van der Waals surface area (Å²) in [5.74, 6) is 0. The van der Waals surface area contributed by atoms with Gasteiger partial charge in [0.2, 0.25) is 0 Å². The molecular weight excluding hydrogens is 357 g/mol. The van der Waals surface area contributed by atoms with E-state index in [1.165, 1.54) is 23.8 Å². The molecular formula is C19H21F3N4O. The fraction of sp³-hybridized carbons (Fsp3) is 0.368. The van der Waals surface area contributed by atoms with Crippen LogP contribution in [-0.2, 0) is 12.7 Å². The first-order valence-electron chi connectivity index (χ1n) is 8.77. The van der Waals surface area contributed by atoms with Gasteiger partial charge in [0.15, 0.2) is 0 Å². The highest BCUT2D eigenvalue weighted by molar-refractivity contribution is 5.90. The predicted molar refractivity (Wildman–Crippen MR) is 96.1 cm³/mol. The van der Waals surface area contributed by atoms with Crippen LogP contribution in [-0.4, -0.2) is 35.0 Å². The van der Waals surface area contributed by atoms with Crippen molar-refractivity contribution in [3.8, 4) is 0 Å². The quantitative estimate of drug-likeness (QED) is 0.849. The molecule has 1 saturated heterocycles. The molecule has 1 aromatic heterocycles. The normalized spacial score (nSPS) is 16.1. The van der Waals surface area contributed by atoms with Gasteiger partial charge in [-0.1, -0.05) is 12.1 Å². The third-order valence-electron chi connectivity index (χ3n) is 4.56. The fourth-order valence-corrected chi connectivity index (χ4v) is 3.16. The highest BCUT2D eigenvalue weighted by Gasteiger charge is 2.33. The van der Waals surface area contributed by atoms with E-state index in [2.05, 4.69) is 20.5 Å². The predicted octanol–water partition coefficient (Wildman–Crippen LogP) is 3.89. The van der Waals surface area contributed by atoms with E-state index in [4.69, 9.17) is 0 Å². The molecule has 0 saturated carbocycles. The van der Waals surface area contributed by atoms with E-state index >= 15 is 0 Å². The summed E-state index contributed by atoms with van der Waals surface area (Å²) in [5.41, 5.74) is 0.0860. The molecule has 2 N–H and O–H groups in total. The first kappa shape index (κ1) is 19.2. The molecule has 8 heteroatoms. The van der Waals surface area contributed by atoms with Crippen molar-refractivity contribution < 1.29 is 18.0 Å². The van der Waals surface area contributed by atoms with Gasteiger partial charge in [-0.05, 0) is 42.7 Å². The number of rotatable bonds is 4. The summed E-state index contributed by atoms with van der Waals surface area (Å²) in [5, 5.41) is 5.10. The van der Waals surface area contributed by atoms with E-state index in [-0.39, 0.29) is 11.7 Å². The molecule has 2 amide bonds. The number of amides is 2. The molecule has 1 aliphatic heterocycles. The summed E-state index contributed by atoms with van der Waals surface area (Å²) in [7, 11) is 0. The van der Waals surface area contributed by atoms with Gasteiger partial charge in [-0.15, -0.1) is 0 Å². The molecule has 144 valence electrons. The zero-order valence-electron chi connectivity index (χ0n) is 14.7. The molecule has 2 heterocycles. The summed E-state index contributed by atoms with van der Waals surface area (Å²) in [4.78, 5) is 18.4. The van der Waals surface area contributed by atoms with Gasteiger partial charge in [0.25, 0.3) is 0 Å². The zero-order chi connectivity index (χ0) is 19.3. The average molecular weight is 378 g/mol. The summed E-state index contributed by atoms with van der Waals surface area (Å²) in [6.07, 6.45) is 0.501. The molecule has 27 heavy (non-hydrogen) atoms. The highest BCUT2D eigenvalue weighted by atomic mass is 19.4. The molecule has 0 aliphatic carbocycles. The molecule has 3 rings (SSSR count). The maximum atomic E-state index is 13.0. The Morgan fingerprint density at radius 3 is 2.44 bits per heavy atom. The Morgan fingerprint density at radius 1 is 1.11 bits per heavy atom. The van der Waals surface area contributed by atoms with Gasteiger partial charge in [0.1, 0.15) is 0 Å². The summed E-state index contributed by atoms with van der Waals surface area (Å²) in [6, 6.07) is 8.22. The number of urea groups is 1. The Morgan fingerprint density at radius 2 is 1.78 bits per heavy atom. The van der Waals surface area contributed by atoms with Crippen LogP contribution in [0.25, 0.3) is 0 Å². The maximum Gasteiger partial charge on any atom is 0.418 e. The van der Waals surface area contributed by atoms with E-state index in [0.29, 0.717) is 0 Å². The SMILES string of the molecule is O=C(Nc1ccccc1C(F)(F)F)NC1CCN(Cc2ccncc2)CC1. The third-order valence-corrected chi connectivity index (χ3v) is 4.56. The minimum absolute atomic E-state index is 0.0586. The van der Waals surface area contributed by atoms with Crippen molar-refractivity contribution in [3.05, 3.63) is 59.9 Å². The number of carbonyl (C=O) groups is 1. The van der Waals surface area contributed by atoms with Crippen LogP contribution in [0.3, 0.4) is 0 Å². The second kappa shape index (κ2) is 8.39. The highest BCUT2D eigenvalue weighted by Crippen LogP contribution is 2.34. The van der Waals surface area contributed by atoms with Crippen molar-refractivity contribution in [2.45, 2.75) is 31.6 Å². The van der Waals surface area contributed by atoms with Crippen LogP contribution in [0.4, 0.5) is 23.7 Å². The van der Waals surface area contributed by atoms with Crippen LogP contribution >= 0.6 is 0 Å². The molecule has 0 unspecified atom stereocenters. The van der Waals surface area contributed by atoms with Crippen molar-refractivity contribution in [3.63, 3.8) is 0 Å². The van der Waals surface area contributed by atoms with Gasteiger partial charge in [-0.3, -0.25) is 9.88 Å². The summed E-state index contributed by atoms with van der Waals surface area (Å²) >= 11 is 0. The van der Waals surface area contributed by atoms with Crippen molar-refractivity contribution in [2.75, 3.05) is 18.4 Å². The standard InChI is InChI=1S/C19H21F3N4O/c20-19(21,22)16-3-1-2-4-17(16)25-18(27)24-15-7-11-26(12-8-15)13-14-5-9-23-10-6-14/h1-6,9-10,15H,7-8,11-13H2,(H2,24,25,27). The lowest BCUT2D eigenvalue weighted by molar-refractivity contribution is -0.136. The molecule has 5 nitrogen and oxygen atoms in total. The number of nitrogens with zero attached hydrogens (tertiary/aromatic N) is 2. The smallest absolute Gasteiger partial charge is 0.335 e. The number of piperidine rings is 1. The van der Waals surface area contributed by atoms with Gasteiger partial charge in [-0.2, -0.15) is 13.2 Å². The van der Waals surface area contributed by atoms with Crippen molar-refractivity contribution in [1.82, 2.24) is 15.2 Å². The van der Waals surface area contributed by atoms with Crippen molar-refractivity contribution in [2.24, 2.45) is 0 Å². The Balaban J connectivity index is 1.49. The minimum Gasteiger partial charge on any atom is -0.335 e. The second-order valence-electron chi connectivity index (χ2n) is 6.55.